The lowest BCUT2D eigenvalue weighted by Gasteiger charge is -2.38. The van der Waals surface area contributed by atoms with Crippen molar-refractivity contribution in [1.82, 2.24) is 14.8 Å². The zero-order valence-corrected chi connectivity index (χ0v) is 17.2. The summed E-state index contributed by atoms with van der Waals surface area (Å²) < 4.78 is 41.4. The van der Waals surface area contributed by atoms with Crippen molar-refractivity contribution in [2.24, 2.45) is 5.92 Å². The number of aryl methyl sites for hydroxylation is 1. The molecule has 1 N–H and O–H groups in total. The second kappa shape index (κ2) is 7.90. The molecule has 164 valence electrons. The van der Waals surface area contributed by atoms with Crippen molar-refractivity contribution in [3.63, 3.8) is 0 Å². The number of fused-ring (bicyclic) bond motifs is 1. The van der Waals surface area contributed by atoms with Crippen molar-refractivity contribution in [1.29, 1.82) is 0 Å². The first-order valence-electron chi connectivity index (χ1n) is 10.3. The average Bonchev–Trinajstić information content (AvgIpc) is 3.03. The summed E-state index contributed by atoms with van der Waals surface area (Å²) in [6.07, 6.45) is -0.839. The van der Waals surface area contributed by atoms with E-state index >= 15 is 0 Å². The Balaban J connectivity index is 1.55. The highest BCUT2D eigenvalue weighted by Gasteiger charge is 2.37. The van der Waals surface area contributed by atoms with Gasteiger partial charge in [0.15, 0.2) is 0 Å². The number of aromatic nitrogens is 1. The molecule has 0 saturated carbocycles. The van der Waals surface area contributed by atoms with Gasteiger partial charge in [0, 0.05) is 30.2 Å². The molecule has 1 saturated heterocycles. The van der Waals surface area contributed by atoms with E-state index in [1.165, 1.54) is 12.1 Å². The summed E-state index contributed by atoms with van der Waals surface area (Å²) in [5.41, 5.74) is 2.50. The molecule has 2 aliphatic rings. The second-order valence-electron chi connectivity index (χ2n) is 8.17. The summed E-state index contributed by atoms with van der Waals surface area (Å²) in [7, 11) is 0. The fourth-order valence-electron chi connectivity index (χ4n) is 4.48. The predicted molar refractivity (Wildman–Crippen MR) is 110 cm³/mol. The van der Waals surface area contributed by atoms with Gasteiger partial charge in [0.25, 0.3) is 0 Å². The first-order chi connectivity index (χ1) is 14.7. The van der Waals surface area contributed by atoms with Crippen LogP contribution in [0, 0.1) is 12.8 Å². The van der Waals surface area contributed by atoms with E-state index in [-0.39, 0.29) is 23.8 Å². The Kier molecular flexibility index (Phi) is 5.41. The van der Waals surface area contributed by atoms with E-state index in [2.05, 4.69) is 11.9 Å². The van der Waals surface area contributed by atoms with Crippen LogP contribution >= 0.6 is 0 Å². The quantitative estimate of drug-likeness (QED) is 0.746. The Morgan fingerprint density at radius 2 is 1.97 bits per heavy atom. The van der Waals surface area contributed by atoms with Gasteiger partial charge in [-0.2, -0.15) is 13.2 Å². The molecular weight excluding hydrogens is 407 g/mol. The average molecular weight is 431 g/mol. The molecule has 2 heterocycles. The first-order valence-corrected chi connectivity index (χ1v) is 10.3. The summed E-state index contributed by atoms with van der Waals surface area (Å²) in [5.74, 6) is -0.533. The number of hydrogen-bond donors (Lipinski definition) is 1. The highest BCUT2D eigenvalue weighted by molar-refractivity contribution is 5.90. The minimum absolute atomic E-state index is 0.101. The van der Waals surface area contributed by atoms with Gasteiger partial charge in [0.2, 0.25) is 11.8 Å². The molecule has 1 atom stereocenters. The molecule has 0 radical (unpaired) electrons. The molecule has 0 spiro atoms. The largest absolute Gasteiger partial charge is 0.416 e. The van der Waals surface area contributed by atoms with Gasteiger partial charge in [-0.05, 0) is 62.1 Å². The van der Waals surface area contributed by atoms with Gasteiger partial charge >= 0.3 is 6.18 Å². The lowest BCUT2D eigenvalue weighted by Crippen LogP contribution is -2.55. The highest BCUT2D eigenvalue weighted by Crippen LogP contribution is 2.36. The normalized spacial score (nSPS) is 18.8. The van der Waals surface area contributed by atoms with Gasteiger partial charge in [-0.25, -0.2) is 0 Å². The van der Waals surface area contributed by atoms with Crippen LogP contribution in [0.3, 0.4) is 0 Å². The maximum absolute atomic E-state index is 13.2. The summed E-state index contributed by atoms with van der Waals surface area (Å²) in [5, 5.41) is 3.09. The second-order valence-corrected chi connectivity index (χ2v) is 8.17. The van der Waals surface area contributed by atoms with Crippen molar-refractivity contribution >= 4 is 11.8 Å². The van der Waals surface area contributed by atoms with Gasteiger partial charge in [0.05, 0.1) is 17.5 Å². The molecule has 4 rings (SSSR count). The summed E-state index contributed by atoms with van der Waals surface area (Å²) >= 11 is 0. The molecular formula is C23H24F3N3O2. The maximum Gasteiger partial charge on any atom is 0.416 e. The van der Waals surface area contributed by atoms with Crippen LogP contribution in [-0.2, 0) is 22.2 Å². The lowest BCUT2D eigenvalue weighted by atomic mass is 9.91. The Morgan fingerprint density at radius 3 is 2.65 bits per heavy atom. The fraction of sp³-hybridized carbons (Fsp3) is 0.391. The number of nitrogens with zero attached hydrogens (tertiary/aromatic N) is 2. The molecule has 1 fully saturated rings. The molecule has 1 aromatic carbocycles. The highest BCUT2D eigenvalue weighted by atomic mass is 19.4. The van der Waals surface area contributed by atoms with E-state index in [0.29, 0.717) is 18.8 Å². The smallest absolute Gasteiger partial charge is 0.349 e. The minimum Gasteiger partial charge on any atom is -0.349 e. The molecule has 1 unspecified atom stereocenters. The number of hydrogen-bond acceptors (Lipinski definition) is 2. The maximum atomic E-state index is 13.2. The third kappa shape index (κ3) is 3.98. The molecule has 8 heteroatoms. The molecule has 1 aliphatic heterocycles. The number of carbonyl (C=O) groups is 2. The van der Waals surface area contributed by atoms with Crippen LogP contribution in [0.5, 0.6) is 0 Å². The number of nitrogens with one attached hydrogen (secondary N) is 1. The van der Waals surface area contributed by atoms with Gasteiger partial charge in [-0.15, -0.1) is 0 Å². The van der Waals surface area contributed by atoms with E-state index in [4.69, 9.17) is 0 Å². The van der Waals surface area contributed by atoms with E-state index in [1.807, 2.05) is 17.6 Å². The Labute approximate surface area is 178 Å². The van der Waals surface area contributed by atoms with Crippen molar-refractivity contribution in [3.8, 4) is 5.69 Å². The Bertz CT molecular complexity index is 1040. The standard InChI is InChI=1S/C23H24F3N3O2/c1-3-21(30)28-12-15(13-28)22(31)27-19-8-5-9-20-18(19)10-14(2)29(20)17-7-4-6-16(11-17)23(24,25)26/h3-4,6-7,10-11,15,19H,1,5,8-9,12-13H2,2H3,(H,27,31). The van der Waals surface area contributed by atoms with E-state index in [9.17, 15) is 22.8 Å². The third-order valence-electron chi connectivity index (χ3n) is 6.09. The third-order valence-corrected chi connectivity index (χ3v) is 6.09. The van der Waals surface area contributed by atoms with Crippen molar-refractivity contribution in [2.75, 3.05) is 13.1 Å². The Morgan fingerprint density at radius 1 is 1.23 bits per heavy atom. The van der Waals surface area contributed by atoms with E-state index < -0.39 is 11.7 Å². The van der Waals surface area contributed by atoms with Crippen LogP contribution in [0.2, 0.25) is 0 Å². The van der Waals surface area contributed by atoms with Gasteiger partial charge in [-0.1, -0.05) is 12.6 Å². The molecule has 31 heavy (non-hydrogen) atoms. The summed E-state index contributed by atoms with van der Waals surface area (Å²) in [4.78, 5) is 25.8. The molecule has 2 aromatic rings. The van der Waals surface area contributed by atoms with Crippen LogP contribution in [0.15, 0.2) is 43.0 Å². The fourth-order valence-corrected chi connectivity index (χ4v) is 4.48. The van der Waals surface area contributed by atoms with E-state index in [0.717, 1.165) is 48.3 Å². The van der Waals surface area contributed by atoms with Crippen LogP contribution in [0.25, 0.3) is 5.69 Å². The monoisotopic (exact) mass is 431 g/mol. The predicted octanol–water partition coefficient (Wildman–Crippen LogP) is 3.94. The number of rotatable bonds is 4. The Hall–Kier alpha value is -3.03. The van der Waals surface area contributed by atoms with Gasteiger partial charge in [-0.3, -0.25) is 9.59 Å². The van der Waals surface area contributed by atoms with Crippen LogP contribution < -0.4 is 5.32 Å². The summed E-state index contributed by atoms with van der Waals surface area (Å²) in [6, 6.07) is 7.08. The zero-order valence-electron chi connectivity index (χ0n) is 17.2. The zero-order chi connectivity index (χ0) is 22.3. The molecule has 1 aromatic heterocycles. The number of benzene rings is 1. The molecule has 2 amide bonds. The molecule has 1 aliphatic carbocycles. The van der Waals surface area contributed by atoms with Crippen LogP contribution in [-0.4, -0.2) is 34.4 Å². The molecule has 5 nitrogen and oxygen atoms in total. The van der Waals surface area contributed by atoms with E-state index in [1.54, 1.807) is 11.0 Å². The van der Waals surface area contributed by atoms with Crippen molar-refractivity contribution < 1.29 is 22.8 Å². The SMILES string of the molecule is C=CC(=O)N1CC(C(=O)NC2CCCc3c2cc(C)n3-c2cccc(C(F)(F)F)c2)C1. The lowest BCUT2D eigenvalue weighted by molar-refractivity contribution is -0.140. The van der Waals surface area contributed by atoms with Gasteiger partial charge in [0.1, 0.15) is 0 Å². The number of carbonyl (C=O) groups excluding carboxylic acids is 2. The van der Waals surface area contributed by atoms with Crippen molar-refractivity contribution in [2.45, 2.75) is 38.4 Å². The summed E-state index contributed by atoms with van der Waals surface area (Å²) in [6.45, 7) is 6.06. The molecule has 0 bridgehead atoms. The first kappa shape index (κ1) is 21.2. The number of amides is 2. The number of halogens is 3. The number of likely N-dealkylation sites (tertiary alicyclic amines) is 1. The minimum atomic E-state index is -4.41. The van der Waals surface area contributed by atoms with Gasteiger partial charge < -0.3 is 14.8 Å². The number of alkyl halides is 3. The van der Waals surface area contributed by atoms with Crippen LogP contribution in [0.4, 0.5) is 13.2 Å². The topological polar surface area (TPSA) is 54.3 Å². The van der Waals surface area contributed by atoms with Crippen LogP contribution in [0.1, 0.15) is 41.4 Å². The van der Waals surface area contributed by atoms with Crippen molar-refractivity contribution in [3.05, 3.63) is 65.5 Å².